The van der Waals surface area contributed by atoms with E-state index in [0.717, 1.165) is 18.4 Å². The highest BCUT2D eigenvalue weighted by Gasteiger charge is 2.12. The van der Waals surface area contributed by atoms with E-state index in [-0.39, 0.29) is 17.4 Å². The third-order valence-electron chi connectivity index (χ3n) is 3.02. The Kier molecular flexibility index (Phi) is 4.86. The third-order valence-corrected chi connectivity index (χ3v) is 3.02. The minimum atomic E-state index is 0.139. The van der Waals surface area contributed by atoms with Crippen molar-refractivity contribution in [3.8, 4) is 11.5 Å². The van der Waals surface area contributed by atoms with Crippen LogP contribution >= 0.6 is 0 Å². The van der Waals surface area contributed by atoms with Gasteiger partial charge in [0, 0.05) is 5.56 Å². The molecule has 0 heterocycles. The lowest BCUT2D eigenvalue weighted by Gasteiger charge is -2.13. The molecule has 2 nitrogen and oxygen atoms in total. The fourth-order valence-electron chi connectivity index (χ4n) is 2.13. The molecule has 0 amide bonds. The van der Waals surface area contributed by atoms with Crippen LogP contribution in [0.5, 0.6) is 11.5 Å². The summed E-state index contributed by atoms with van der Waals surface area (Å²) in [6.45, 7) is 8.34. The predicted octanol–water partition coefficient (Wildman–Crippen LogP) is 4.20. The van der Waals surface area contributed by atoms with Crippen molar-refractivity contribution in [3.05, 3.63) is 23.3 Å². The monoisotopic (exact) mass is 236 g/mol. The fraction of sp³-hybridized carbons (Fsp3) is 0.600. The number of phenolic OH excluding ortho intramolecular Hbond substituents is 2. The average molecular weight is 236 g/mol. The molecule has 17 heavy (non-hydrogen) atoms. The normalized spacial score (nSPS) is 11.4. The van der Waals surface area contributed by atoms with Gasteiger partial charge >= 0.3 is 0 Å². The molecule has 0 atom stereocenters. The quantitative estimate of drug-likeness (QED) is 0.804. The standard InChI is InChI=1S/C15H24O2/c1-10(2)6-5-7-12-8-13(16)15(11(3)4)14(17)9-12/h8-11,16-17H,5-7H2,1-4H3. The molecule has 0 radical (unpaired) electrons. The van der Waals surface area contributed by atoms with Crippen molar-refractivity contribution < 1.29 is 10.2 Å². The van der Waals surface area contributed by atoms with Crippen LogP contribution in [0.2, 0.25) is 0 Å². The van der Waals surface area contributed by atoms with Gasteiger partial charge in [-0.2, -0.15) is 0 Å². The summed E-state index contributed by atoms with van der Waals surface area (Å²) in [5.74, 6) is 1.28. The molecule has 0 spiro atoms. The van der Waals surface area contributed by atoms with Crippen LogP contribution < -0.4 is 0 Å². The van der Waals surface area contributed by atoms with Crippen LogP contribution in [0.25, 0.3) is 0 Å². The molecule has 0 saturated carbocycles. The van der Waals surface area contributed by atoms with Gasteiger partial charge in [-0.05, 0) is 42.4 Å². The van der Waals surface area contributed by atoms with Crippen LogP contribution in [0.3, 0.4) is 0 Å². The van der Waals surface area contributed by atoms with Crippen LogP contribution in [0.1, 0.15) is 57.6 Å². The van der Waals surface area contributed by atoms with E-state index in [9.17, 15) is 10.2 Å². The van der Waals surface area contributed by atoms with Crippen molar-refractivity contribution in [2.24, 2.45) is 5.92 Å². The molecule has 0 unspecified atom stereocenters. The van der Waals surface area contributed by atoms with Crippen molar-refractivity contribution in [3.63, 3.8) is 0 Å². The summed E-state index contributed by atoms with van der Waals surface area (Å²) in [6.07, 6.45) is 3.18. The topological polar surface area (TPSA) is 40.5 Å². The molecule has 1 rings (SSSR count). The first-order chi connectivity index (χ1) is 7.91. The zero-order chi connectivity index (χ0) is 13.0. The summed E-state index contributed by atoms with van der Waals surface area (Å²) in [4.78, 5) is 0. The minimum Gasteiger partial charge on any atom is -0.508 e. The van der Waals surface area contributed by atoms with Gasteiger partial charge in [-0.25, -0.2) is 0 Å². The molecule has 1 aromatic rings. The molecular formula is C15H24O2. The maximum atomic E-state index is 9.89. The second kappa shape index (κ2) is 5.95. The van der Waals surface area contributed by atoms with Crippen molar-refractivity contribution in [1.29, 1.82) is 0 Å². The van der Waals surface area contributed by atoms with E-state index in [1.165, 1.54) is 6.42 Å². The number of aryl methyl sites for hydroxylation is 1. The van der Waals surface area contributed by atoms with Gasteiger partial charge in [0.1, 0.15) is 11.5 Å². The Hall–Kier alpha value is -1.18. The molecule has 0 bridgehead atoms. The van der Waals surface area contributed by atoms with Gasteiger partial charge in [0.2, 0.25) is 0 Å². The second-order valence-electron chi connectivity index (χ2n) is 5.49. The molecule has 0 aromatic heterocycles. The number of benzene rings is 1. The summed E-state index contributed by atoms with van der Waals surface area (Å²) in [5, 5.41) is 19.8. The van der Waals surface area contributed by atoms with E-state index < -0.39 is 0 Å². The van der Waals surface area contributed by atoms with Crippen LogP contribution in [-0.4, -0.2) is 10.2 Å². The maximum absolute atomic E-state index is 9.89. The first-order valence-electron chi connectivity index (χ1n) is 6.46. The number of aromatic hydroxyl groups is 2. The van der Waals surface area contributed by atoms with E-state index >= 15 is 0 Å². The molecule has 0 saturated heterocycles. The summed E-state index contributed by atoms with van der Waals surface area (Å²) in [7, 11) is 0. The van der Waals surface area contributed by atoms with Crippen molar-refractivity contribution in [1.82, 2.24) is 0 Å². The maximum Gasteiger partial charge on any atom is 0.123 e. The number of hydrogen-bond acceptors (Lipinski definition) is 2. The molecule has 2 N–H and O–H groups in total. The zero-order valence-electron chi connectivity index (χ0n) is 11.3. The highest BCUT2D eigenvalue weighted by Crippen LogP contribution is 2.35. The Morgan fingerprint density at radius 3 is 1.94 bits per heavy atom. The van der Waals surface area contributed by atoms with E-state index in [1.807, 2.05) is 13.8 Å². The number of hydrogen-bond donors (Lipinski definition) is 2. The van der Waals surface area contributed by atoms with Gasteiger partial charge in [0.25, 0.3) is 0 Å². The van der Waals surface area contributed by atoms with Crippen LogP contribution in [-0.2, 0) is 6.42 Å². The Morgan fingerprint density at radius 2 is 1.53 bits per heavy atom. The zero-order valence-corrected chi connectivity index (χ0v) is 11.3. The van der Waals surface area contributed by atoms with E-state index in [0.29, 0.717) is 11.5 Å². The molecule has 0 aliphatic rings. The number of phenols is 2. The summed E-state index contributed by atoms with van der Waals surface area (Å²) in [5.41, 5.74) is 1.67. The molecule has 0 aliphatic heterocycles. The van der Waals surface area contributed by atoms with Crippen LogP contribution in [0, 0.1) is 5.92 Å². The van der Waals surface area contributed by atoms with Crippen LogP contribution in [0.15, 0.2) is 12.1 Å². The van der Waals surface area contributed by atoms with Gasteiger partial charge in [0.15, 0.2) is 0 Å². The Bertz CT molecular complexity index is 344. The Balaban J connectivity index is 2.77. The lowest BCUT2D eigenvalue weighted by atomic mass is 9.96. The van der Waals surface area contributed by atoms with Gasteiger partial charge in [-0.3, -0.25) is 0 Å². The molecule has 2 heteroatoms. The lowest BCUT2D eigenvalue weighted by molar-refractivity contribution is 0.431. The summed E-state index contributed by atoms with van der Waals surface area (Å²) < 4.78 is 0. The largest absolute Gasteiger partial charge is 0.508 e. The molecule has 0 fully saturated rings. The lowest BCUT2D eigenvalue weighted by Crippen LogP contribution is -1.94. The van der Waals surface area contributed by atoms with E-state index in [2.05, 4.69) is 13.8 Å². The average Bonchev–Trinajstić information content (AvgIpc) is 2.14. The van der Waals surface area contributed by atoms with Gasteiger partial charge in [-0.15, -0.1) is 0 Å². The fourth-order valence-corrected chi connectivity index (χ4v) is 2.13. The molecule has 0 aliphatic carbocycles. The molecule has 96 valence electrons. The van der Waals surface area contributed by atoms with Crippen molar-refractivity contribution >= 4 is 0 Å². The first kappa shape index (κ1) is 13.9. The van der Waals surface area contributed by atoms with Crippen LogP contribution in [0.4, 0.5) is 0 Å². The predicted molar refractivity (Wildman–Crippen MR) is 71.6 cm³/mol. The Labute approximate surface area is 104 Å². The van der Waals surface area contributed by atoms with Crippen molar-refractivity contribution in [2.75, 3.05) is 0 Å². The smallest absolute Gasteiger partial charge is 0.123 e. The Morgan fingerprint density at radius 1 is 1.00 bits per heavy atom. The van der Waals surface area contributed by atoms with E-state index in [4.69, 9.17) is 0 Å². The van der Waals surface area contributed by atoms with E-state index in [1.54, 1.807) is 12.1 Å². The van der Waals surface area contributed by atoms with Gasteiger partial charge in [-0.1, -0.05) is 34.1 Å². The highest BCUT2D eigenvalue weighted by molar-refractivity contribution is 5.48. The number of rotatable bonds is 5. The first-order valence-corrected chi connectivity index (χ1v) is 6.46. The minimum absolute atomic E-state index is 0.139. The highest BCUT2D eigenvalue weighted by atomic mass is 16.3. The molecule has 1 aromatic carbocycles. The second-order valence-corrected chi connectivity index (χ2v) is 5.49. The van der Waals surface area contributed by atoms with Gasteiger partial charge < -0.3 is 10.2 Å². The summed E-state index contributed by atoms with van der Waals surface area (Å²) in [6, 6.07) is 3.57. The molecular weight excluding hydrogens is 212 g/mol. The third kappa shape index (κ3) is 3.95. The van der Waals surface area contributed by atoms with Gasteiger partial charge in [0.05, 0.1) is 0 Å². The SMILES string of the molecule is CC(C)CCCc1cc(O)c(C(C)C)c(O)c1. The summed E-state index contributed by atoms with van der Waals surface area (Å²) >= 11 is 0. The van der Waals surface area contributed by atoms with Crippen molar-refractivity contribution in [2.45, 2.75) is 52.9 Å².